The van der Waals surface area contributed by atoms with Crippen molar-refractivity contribution in [2.75, 3.05) is 18.1 Å². The number of thioether (sulfide) groups is 1. The summed E-state index contributed by atoms with van der Waals surface area (Å²) < 4.78 is 5.74. The average Bonchev–Trinajstić information content (AvgIpc) is 2.82. The molecule has 0 atom stereocenters. The molecule has 0 unspecified atom stereocenters. The number of furan rings is 1. The largest absolute Gasteiger partial charge is 0.460 e. The second kappa shape index (κ2) is 5.57. The predicted molar refractivity (Wildman–Crippen MR) is 79.4 cm³/mol. The molecule has 1 aliphatic heterocycles. The Hall–Kier alpha value is -0.970. The van der Waals surface area contributed by atoms with E-state index in [2.05, 4.69) is 11.4 Å². The molecule has 3 nitrogen and oxygen atoms in total. The molecular formula is C15H19NO2S. The molecule has 0 bridgehead atoms. The topological polar surface area (TPSA) is 45.4 Å². The van der Waals surface area contributed by atoms with Crippen molar-refractivity contribution >= 4 is 22.7 Å². The van der Waals surface area contributed by atoms with Gasteiger partial charge in [0.2, 0.25) is 0 Å². The Balaban J connectivity index is 1.57. The van der Waals surface area contributed by atoms with Gasteiger partial charge in [0.05, 0.1) is 12.1 Å². The van der Waals surface area contributed by atoms with Crippen molar-refractivity contribution in [3.63, 3.8) is 0 Å². The van der Waals surface area contributed by atoms with Crippen LogP contribution in [0.5, 0.6) is 0 Å². The molecule has 0 spiro atoms. The van der Waals surface area contributed by atoms with Crippen LogP contribution in [0.25, 0.3) is 11.0 Å². The van der Waals surface area contributed by atoms with Crippen LogP contribution in [0.15, 0.2) is 34.7 Å². The zero-order valence-electron chi connectivity index (χ0n) is 10.9. The van der Waals surface area contributed by atoms with E-state index in [1.807, 2.05) is 36.0 Å². The molecule has 102 valence electrons. The van der Waals surface area contributed by atoms with Gasteiger partial charge >= 0.3 is 0 Å². The lowest BCUT2D eigenvalue weighted by atomic mass is 9.97. The Kier molecular flexibility index (Phi) is 3.82. The van der Waals surface area contributed by atoms with E-state index in [1.165, 1.54) is 0 Å². The van der Waals surface area contributed by atoms with Gasteiger partial charge in [0.1, 0.15) is 11.3 Å². The van der Waals surface area contributed by atoms with Gasteiger partial charge in [-0.1, -0.05) is 18.2 Å². The number of benzene rings is 1. The number of hydrogen-bond acceptors (Lipinski definition) is 4. The number of para-hydroxylation sites is 1. The summed E-state index contributed by atoms with van der Waals surface area (Å²) in [5, 5.41) is 14.8. The van der Waals surface area contributed by atoms with E-state index in [1.54, 1.807) is 0 Å². The zero-order chi connectivity index (χ0) is 13.1. The average molecular weight is 277 g/mol. The Bertz CT molecular complexity index is 513. The van der Waals surface area contributed by atoms with E-state index in [-0.39, 0.29) is 0 Å². The quantitative estimate of drug-likeness (QED) is 0.902. The van der Waals surface area contributed by atoms with Crippen molar-refractivity contribution in [1.29, 1.82) is 0 Å². The van der Waals surface area contributed by atoms with Gasteiger partial charge in [-0.3, -0.25) is 0 Å². The van der Waals surface area contributed by atoms with Crippen molar-refractivity contribution in [2.45, 2.75) is 25.0 Å². The summed E-state index contributed by atoms with van der Waals surface area (Å²) in [5.41, 5.74) is 0.393. The second-order valence-corrected chi connectivity index (χ2v) is 6.42. The fraction of sp³-hybridized carbons (Fsp3) is 0.467. The van der Waals surface area contributed by atoms with Crippen molar-refractivity contribution in [1.82, 2.24) is 5.32 Å². The van der Waals surface area contributed by atoms with Gasteiger partial charge in [0.25, 0.3) is 0 Å². The summed E-state index contributed by atoms with van der Waals surface area (Å²) in [6.07, 6.45) is 1.76. The molecule has 3 rings (SSSR count). The fourth-order valence-corrected chi connectivity index (χ4v) is 3.72. The van der Waals surface area contributed by atoms with E-state index < -0.39 is 5.60 Å². The lowest BCUT2D eigenvalue weighted by Gasteiger charge is -2.31. The van der Waals surface area contributed by atoms with Crippen LogP contribution in [0, 0.1) is 0 Å². The van der Waals surface area contributed by atoms with Crippen molar-refractivity contribution in [3.05, 3.63) is 36.1 Å². The van der Waals surface area contributed by atoms with Gasteiger partial charge in [-0.2, -0.15) is 11.8 Å². The summed E-state index contributed by atoms with van der Waals surface area (Å²) >= 11 is 1.92. The molecule has 0 saturated carbocycles. The normalized spacial score (nSPS) is 18.8. The van der Waals surface area contributed by atoms with Crippen molar-refractivity contribution in [3.8, 4) is 0 Å². The molecule has 2 heterocycles. The highest BCUT2D eigenvalue weighted by atomic mass is 32.2. The molecule has 0 aliphatic carbocycles. The van der Waals surface area contributed by atoms with Gasteiger partial charge < -0.3 is 14.8 Å². The third-order valence-electron chi connectivity index (χ3n) is 3.65. The maximum atomic E-state index is 10.4. The molecule has 0 radical (unpaired) electrons. The van der Waals surface area contributed by atoms with E-state index in [0.717, 1.165) is 41.1 Å². The standard InChI is InChI=1S/C15H19NO2S/c17-15(5-7-19-8-6-15)11-16-10-13-9-12-3-1-2-4-14(12)18-13/h1-4,9,16-17H,5-8,10-11H2. The van der Waals surface area contributed by atoms with Crippen molar-refractivity contribution < 1.29 is 9.52 Å². The van der Waals surface area contributed by atoms with Crippen LogP contribution in [0.4, 0.5) is 0 Å². The lowest BCUT2D eigenvalue weighted by molar-refractivity contribution is 0.0317. The molecule has 1 fully saturated rings. The molecule has 4 heteroatoms. The molecule has 1 aromatic heterocycles. The number of fused-ring (bicyclic) bond motifs is 1. The first kappa shape index (κ1) is 13.0. The van der Waals surface area contributed by atoms with Gasteiger partial charge in [-0.25, -0.2) is 0 Å². The Morgan fingerprint density at radius 2 is 2.05 bits per heavy atom. The second-order valence-electron chi connectivity index (χ2n) is 5.19. The van der Waals surface area contributed by atoms with Crippen LogP contribution in [0.2, 0.25) is 0 Å². The Morgan fingerprint density at radius 1 is 1.26 bits per heavy atom. The maximum absolute atomic E-state index is 10.4. The minimum atomic E-state index is -0.530. The third kappa shape index (κ3) is 3.14. The number of aliphatic hydroxyl groups is 1. The smallest absolute Gasteiger partial charge is 0.134 e. The lowest BCUT2D eigenvalue weighted by Crippen LogP contribution is -2.43. The summed E-state index contributed by atoms with van der Waals surface area (Å²) in [7, 11) is 0. The van der Waals surface area contributed by atoms with E-state index >= 15 is 0 Å². The molecule has 1 saturated heterocycles. The van der Waals surface area contributed by atoms with Crippen LogP contribution in [0.3, 0.4) is 0 Å². The van der Waals surface area contributed by atoms with E-state index in [4.69, 9.17) is 4.42 Å². The molecular weight excluding hydrogens is 258 g/mol. The Labute approximate surface area is 117 Å². The van der Waals surface area contributed by atoms with Crippen LogP contribution in [-0.4, -0.2) is 28.8 Å². The summed E-state index contributed by atoms with van der Waals surface area (Å²) in [6.45, 7) is 1.31. The first-order chi connectivity index (χ1) is 9.25. The van der Waals surface area contributed by atoms with E-state index in [0.29, 0.717) is 13.1 Å². The first-order valence-electron chi connectivity index (χ1n) is 6.74. The minimum Gasteiger partial charge on any atom is -0.460 e. The summed E-state index contributed by atoms with van der Waals surface area (Å²) in [6, 6.07) is 10.1. The number of nitrogens with one attached hydrogen (secondary N) is 1. The SMILES string of the molecule is OC1(CNCc2cc3ccccc3o2)CCSCC1. The van der Waals surface area contributed by atoms with Crippen LogP contribution in [0.1, 0.15) is 18.6 Å². The monoisotopic (exact) mass is 277 g/mol. The maximum Gasteiger partial charge on any atom is 0.134 e. The summed E-state index contributed by atoms with van der Waals surface area (Å²) in [5.74, 6) is 3.04. The fourth-order valence-electron chi connectivity index (χ4n) is 2.47. The van der Waals surface area contributed by atoms with Gasteiger partial charge in [-0.15, -0.1) is 0 Å². The van der Waals surface area contributed by atoms with Crippen LogP contribution >= 0.6 is 11.8 Å². The zero-order valence-corrected chi connectivity index (χ0v) is 11.7. The van der Waals surface area contributed by atoms with Crippen LogP contribution < -0.4 is 5.32 Å². The minimum absolute atomic E-state index is 0.530. The predicted octanol–water partition coefficient (Wildman–Crippen LogP) is 2.78. The molecule has 2 N–H and O–H groups in total. The van der Waals surface area contributed by atoms with Crippen molar-refractivity contribution in [2.24, 2.45) is 0 Å². The molecule has 1 aliphatic rings. The first-order valence-corrected chi connectivity index (χ1v) is 7.89. The Morgan fingerprint density at radius 3 is 2.84 bits per heavy atom. The van der Waals surface area contributed by atoms with Crippen LogP contribution in [-0.2, 0) is 6.54 Å². The highest BCUT2D eigenvalue weighted by Crippen LogP contribution is 2.26. The molecule has 1 aromatic carbocycles. The van der Waals surface area contributed by atoms with Gasteiger partial charge in [0, 0.05) is 11.9 Å². The third-order valence-corrected chi connectivity index (χ3v) is 4.64. The number of rotatable bonds is 4. The summed E-state index contributed by atoms with van der Waals surface area (Å²) in [4.78, 5) is 0. The van der Waals surface area contributed by atoms with E-state index in [9.17, 15) is 5.11 Å². The molecule has 2 aromatic rings. The van der Waals surface area contributed by atoms with Gasteiger partial charge in [-0.05, 0) is 36.5 Å². The highest BCUT2D eigenvalue weighted by molar-refractivity contribution is 7.99. The molecule has 0 amide bonds. The number of hydrogen-bond donors (Lipinski definition) is 2. The molecule has 19 heavy (non-hydrogen) atoms. The van der Waals surface area contributed by atoms with Gasteiger partial charge in [0.15, 0.2) is 0 Å². The highest BCUT2D eigenvalue weighted by Gasteiger charge is 2.28.